The zero-order chi connectivity index (χ0) is 26.6. The van der Waals surface area contributed by atoms with Gasteiger partial charge in [0.25, 0.3) is 0 Å². The third-order valence-electron chi connectivity index (χ3n) is 6.22. The maximum Gasteiger partial charge on any atom is 0.335 e. The Balaban J connectivity index is 1.59. The molecule has 2 aromatic heterocycles. The Labute approximate surface area is 222 Å². The van der Waals surface area contributed by atoms with Gasteiger partial charge < -0.3 is 15.5 Å². The second-order valence-corrected chi connectivity index (χ2v) is 9.11. The molecule has 9 nitrogen and oxygen atoms in total. The number of carbonyl (C=O) groups is 1. The van der Waals surface area contributed by atoms with Crippen molar-refractivity contribution in [3.8, 4) is 11.1 Å². The van der Waals surface area contributed by atoms with Gasteiger partial charge in [0.2, 0.25) is 11.9 Å². The summed E-state index contributed by atoms with van der Waals surface area (Å²) in [6.45, 7) is 0. The number of carboxylic acids is 1. The molecule has 5 rings (SSSR count). The summed E-state index contributed by atoms with van der Waals surface area (Å²) in [6.07, 6.45) is 3.50. The van der Waals surface area contributed by atoms with Gasteiger partial charge in [-0.15, -0.1) is 0 Å². The first kappa shape index (κ1) is 24.9. The number of nitrogens with one attached hydrogen (secondary N) is 2. The van der Waals surface area contributed by atoms with Crippen LogP contribution < -0.4 is 16.0 Å². The van der Waals surface area contributed by atoms with E-state index < -0.39 is 5.97 Å². The van der Waals surface area contributed by atoms with Crippen LogP contribution >= 0.6 is 11.6 Å². The quantitative estimate of drug-likeness (QED) is 0.0498. The molecular formula is C28H24ClN6O3+. The average molecular weight is 528 g/mol. The monoisotopic (exact) mass is 527 g/mol. The first-order chi connectivity index (χ1) is 18.4. The molecule has 0 saturated heterocycles. The highest BCUT2D eigenvalue weighted by molar-refractivity contribution is 6.31. The summed E-state index contributed by atoms with van der Waals surface area (Å²) in [5, 5.41) is 21.1. The second kappa shape index (κ2) is 10.7. The van der Waals surface area contributed by atoms with E-state index in [9.17, 15) is 15.1 Å². The van der Waals surface area contributed by atoms with E-state index in [0.29, 0.717) is 50.8 Å². The number of fused-ring (bicyclic) bond motifs is 1. The molecule has 38 heavy (non-hydrogen) atoms. The number of aromatic carboxylic acids is 1. The van der Waals surface area contributed by atoms with Gasteiger partial charge in [0.05, 0.1) is 27.8 Å². The number of imidazole rings is 1. The van der Waals surface area contributed by atoms with Gasteiger partial charge >= 0.3 is 5.97 Å². The lowest BCUT2D eigenvalue weighted by Crippen LogP contribution is -2.37. The molecule has 2 heterocycles. The molecule has 0 radical (unpaired) electrons. The van der Waals surface area contributed by atoms with Crippen molar-refractivity contribution in [1.29, 1.82) is 0 Å². The van der Waals surface area contributed by atoms with E-state index in [2.05, 4.69) is 15.4 Å². The van der Waals surface area contributed by atoms with Gasteiger partial charge in [0.1, 0.15) is 18.1 Å². The van der Waals surface area contributed by atoms with Gasteiger partial charge in [-0.3, -0.25) is 5.21 Å². The number of halogens is 1. The molecule has 1 atom stereocenters. The summed E-state index contributed by atoms with van der Waals surface area (Å²) in [7, 11) is 0. The van der Waals surface area contributed by atoms with Crippen molar-refractivity contribution < 1.29 is 19.8 Å². The predicted octanol–water partition coefficient (Wildman–Crippen LogP) is 4.60. The third kappa shape index (κ3) is 5.19. The Morgan fingerprint density at radius 1 is 1.13 bits per heavy atom. The van der Waals surface area contributed by atoms with Crippen molar-refractivity contribution >= 4 is 40.6 Å². The average Bonchev–Trinajstić information content (AvgIpc) is 3.35. The first-order valence-electron chi connectivity index (χ1n) is 11.7. The van der Waals surface area contributed by atoms with Crippen LogP contribution in [0.3, 0.4) is 0 Å². The van der Waals surface area contributed by atoms with Crippen LogP contribution in [0.25, 0.3) is 22.2 Å². The van der Waals surface area contributed by atoms with Crippen molar-refractivity contribution in [3.05, 3.63) is 113 Å². The van der Waals surface area contributed by atoms with E-state index in [4.69, 9.17) is 22.4 Å². The van der Waals surface area contributed by atoms with Crippen LogP contribution in [0.5, 0.6) is 0 Å². The van der Waals surface area contributed by atoms with Crippen LogP contribution in [0.4, 0.5) is 5.69 Å². The highest BCUT2D eigenvalue weighted by Gasteiger charge is 2.29. The molecule has 0 amide bonds. The number of aromatic nitrogens is 3. The molecule has 190 valence electrons. The summed E-state index contributed by atoms with van der Waals surface area (Å²) in [5.41, 5.74) is 7.45. The zero-order valence-corrected chi connectivity index (χ0v) is 20.8. The van der Waals surface area contributed by atoms with Gasteiger partial charge in [0, 0.05) is 21.4 Å². The van der Waals surface area contributed by atoms with Crippen LogP contribution in [-0.2, 0) is 6.42 Å². The number of benzene rings is 3. The normalized spacial score (nSPS) is 12.2. The molecule has 0 fully saturated rings. The lowest BCUT2D eigenvalue weighted by Gasteiger charge is -2.13. The largest absolute Gasteiger partial charge is 0.478 e. The molecule has 0 aliphatic carbocycles. The summed E-state index contributed by atoms with van der Waals surface area (Å²) < 4.78 is 1.08. The number of rotatable bonds is 8. The Morgan fingerprint density at radius 3 is 2.68 bits per heavy atom. The minimum Gasteiger partial charge on any atom is -0.478 e. The maximum atomic E-state index is 11.4. The van der Waals surface area contributed by atoms with Crippen LogP contribution in [0.1, 0.15) is 33.4 Å². The molecular weight excluding hydrogens is 504 g/mol. The molecule has 6 N–H and O–H groups in total. The number of nitrogens with zero attached hydrogens (tertiary/aromatic N) is 3. The van der Waals surface area contributed by atoms with Crippen molar-refractivity contribution in [2.45, 2.75) is 12.3 Å². The predicted molar refractivity (Wildman–Crippen MR) is 145 cm³/mol. The number of hydrogen-bond donors (Lipinski definition) is 5. The summed E-state index contributed by atoms with van der Waals surface area (Å²) >= 11 is 6.25. The van der Waals surface area contributed by atoms with Crippen molar-refractivity contribution in [2.24, 2.45) is 10.8 Å². The van der Waals surface area contributed by atoms with Gasteiger partial charge in [-0.1, -0.05) is 41.9 Å². The topological polar surface area (TPSA) is 140 Å². The fourth-order valence-electron chi connectivity index (χ4n) is 4.41. The van der Waals surface area contributed by atoms with Crippen molar-refractivity contribution in [1.82, 2.24) is 15.4 Å². The first-order valence-corrected chi connectivity index (χ1v) is 12.1. The van der Waals surface area contributed by atoms with Crippen molar-refractivity contribution in [3.63, 3.8) is 0 Å². The van der Waals surface area contributed by atoms with Crippen LogP contribution in [-0.4, -0.2) is 32.6 Å². The molecule has 0 bridgehead atoms. The molecule has 0 aliphatic rings. The molecule has 3 aromatic carbocycles. The fraction of sp³-hybridized carbons (Fsp3) is 0.0714. The Hall–Kier alpha value is -4.73. The van der Waals surface area contributed by atoms with Crippen LogP contribution in [0, 0.1) is 0 Å². The Morgan fingerprint density at radius 2 is 1.95 bits per heavy atom. The third-order valence-corrected chi connectivity index (χ3v) is 6.46. The van der Waals surface area contributed by atoms with Crippen molar-refractivity contribution in [2.75, 3.05) is 0 Å². The highest BCUT2D eigenvalue weighted by atomic mass is 35.5. The molecule has 5 aromatic rings. The van der Waals surface area contributed by atoms with Gasteiger partial charge in [-0.25, -0.2) is 20.6 Å². The van der Waals surface area contributed by atoms with Gasteiger partial charge in [-0.05, 0) is 54.4 Å². The standard InChI is InChI=1S/C28H23ClN6O3/c29-20-8-10-23(31-16-32-30)21(14-20)19-7-11-26(35(38)15-19)22(12-17-4-2-1-3-5-17)27-33-24-9-6-18(28(36)37)13-25(24)34-27/h1-11,13-16,22H,12,30H2,(H3-,31,32,33,34,36,37,38)/p+1/t22-/m0/s1. The van der Waals surface area contributed by atoms with Gasteiger partial charge in [0.15, 0.2) is 0 Å². The van der Waals surface area contributed by atoms with E-state index in [1.807, 2.05) is 42.5 Å². The maximum absolute atomic E-state index is 11.4. The number of pyridine rings is 1. The van der Waals surface area contributed by atoms with E-state index in [1.54, 1.807) is 36.5 Å². The summed E-state index contributed by atoms with van der Waals surface area (Å²) in [5.74, 6) is 4.56. The van der Waals surface area contributed by atoms with Gasteiger partial charge in [-0.2, -0.15) is 0 Å². The summed E-state index contributed by atoms with van der Waals surface area (Å²) in [4.78, 5) is 23.8. The number of nitrogens with two attached hydrogens (primary N) is 1. The number of hydrogen-bond acceptors (Lipinski definition) is 5. The van der Waals surface area contributed by atoms with Crippen LogP contribution in [0.2, 0.25) is 5.02 Å². The lowest BCUT2D eigenvalue weighted by atomic mass is 9.94. The minimum absolute atomic E-state index is 0.165. The molecule has 10 heteroatoms. The molecule has 0 unspecified atom stereocenters. The summed E-state index contributed by atoms with van der Waals surface area (Å²) in [6, 6.07) is 23.6. The molecule has 0 saturated carbocycles. The smallest absolute Gasteiger partial charge is 0.335 e. The fourth-order valence-corrected chi connectivity index (χ4v) is 4.59. The molecule has 0 aliphatic heterocycles. The highest BCUT2D eigenvalue weighted by Crippen LogP contribution is 2.33. The van der Waals surface area contributed by atoms with Crippen LogP contribution in [0.15, 0.2) is 90.1 Å². The SMILES string of the molecule is NNC=Nc1ccc(Cl)cc1-c1ccc([C@H](Cc2ccccc2)c2nc3ccc(C(=O)O)cc3[nH]2)[n+](O)c1. The number of aromatic amines is 1. The Bertz CT molecular complexity index is 1650. The number of aliphatic imine (C=N–C) groups is 1. The van der Waals surface area contributed by atoms with E-state index >= 15 is 0 Å². The number of carboxylic acid groups (broad SMARTS) is 1. The van der Waals surface area contributed by atoms with E-state index in [-0.39, 0.29) is 11.5 Å². The second-order valence-electron chi connectivity index (χ2n) is 8.67. The number of H-pyrrole nitrogens is 1. The number of hydrazine groups is 1. The zero-order valence-electron chi connectivity index (χ0n) is 20.0. The Kier molecular flexibility index (Phi) is 7.03. The lowest BCUT2D eigenvalue weighted by molar-refractivity contribution is -0.909. The molecule has 0 spiro atoms. The minimum atomic E-state index is -1.01. The van der Waals surface area contributed by atoms with E-state index in [1.165, 1.54) is 12.4 Å². The van der Waals surface area contributed by atoms with E-state index in [0.717, 1.165) is 10.3 Å².